The predicted molar refractivity (Wildman–Crippen MR) is 64.4 cm³/mol. The highest BCUT2D eigenvalue weighted by Gasteiger charge is 2.29. The fourth-order valence-corrected chi connectivity index (χ4v) is 2.52. The molecule has 0 heterocycles. The number of ether oxygens (including phenoxy) is 1. The van der Waals surface area contributed by atoms with Crippen molar-refractivity contribution in [3.63, 3.8) is 0 Å². The van der Waals surface area contributed by atoms with Crippen molar-refractivity contribution < 1.29 is 32.0 Å². The number of hydrogen-bond donors (Lipinski definition) is 1. The summed E-state index contributed by atoms with van der Waals surface area (Å²) in [6.07, 6.45) is -4.77. The molecule has 1 aromatic carbocycles. The Balaban J connectivity index is 2.73. The minimum atomic E-state index is -4.77. The molecule has 1 rings (SSSR count). The van der Waals surface area contributed by atoms with Gasteiger partial charge in [0.2, 0.25) is 0 Å². The molecule has 9 heteroatoms. The number of halogens is 4. The standard InChI is InChI=1S/C10H8BrF3O4S/c11-8-2-1-6(5-7(8)9(15)16)19(17)4-3-18-10(12,13)14/h1-2,5H,3-4H2,(H,15,16). The van der Waals surface area contributed by atoms with Gasteiger partial charge in [-0.3, -0.25) is 8.95 Å². The molecular formula is C10H8BrF3O4S. The van der Waals surface area contributed by atoms with Gasteiger partial charge in [-0.2, -0.15) is 0 Å². The Morgan fingerprint density at radius 1 is 1.42 bits per heavy atom. The fourth-order valence-electron chi connectivity index (χ4n) is 1.16. The molecule has 19 heavy (non-hydrogen) atoms. The smallest absolute Gasteiger partial charge is 0.478 e. The molecule has 0 saturated carbocycles. The lowest BCUT2D eigenvalue weighted by molar-refractivity contribution is -0.322. The molecule has 0 aromatic heterocycles. The highest BCUT2D eigenvalue weighted by molar-refractivity contribution is 9.10. The molecule has 1 atom stereocenters. The second-order valence-corrected chi connectivity index (χ2v) is 5.72. The summed E-state index contributed by atoms with van der Waals surface area (Å²) >= 11 is 3.01. The van der Waals surface area contributed by atoms with E-state index in [2.05, 4.69) is 20.7 Å². The van der Waals surface area contributed by atoms with E-state index in [-0.39, 0.29) is 16.2 Å². The zero-order valence-corrected chi connectivity index (χ0v) is 11.6. The molecule has 0 amide bonds. The molecule has 0 radical (unpaired) electrons. The van der Waals surface area contributed by atoms with Crippen LogP contribution in [0.25, 0.3) is 0 Å². The highest BCUT2D eigenvalue weighted by Crippen LogP contribution is 2.21. The van der Waals surface area contributed by atoms with Crippen molar-refractivity contribution in [2.24, 2.45) is 0 Å². The molecule has 1 aromatic rings. The largest absolute Gasteiger partial charge is 0.522 e. The van der Waals surface area contributed by atoms with E-state index in [1.54, 1.807) is 0 Å². The number of carboxylic acid groups (broad SMARTS) is 1. The highest BCUT2D eigenvalue weighted by atomic mass is 79.9. The molecule has 0 fully saturated rings. The van der Waals surface area contributed by atoms with Crippen LogP contribution in [0.15, 0.2) is 27.6 Å². The van der Waals surface area contributed by atoms with Crippen molar-refractivity contribution in [2.45, 2.75) is 11.3 Å². The Morgan fingerprint density at radius 2 is 2.05 bits per heavy atom. The summed E-state index contributed by atoms with van der Waals surface area (Å²) in [4.78, 5) is 11.0. The Bertz CT molecular complexity index is 504. The second kappa shape index (κ2) is 6.49. The van der Waals surface area contributed by atoms with E-state index in [0.29, 0.717) is 4.47 Å². The van der Waals surface area contributed by atoms with Crippen molar-refractivity contribution in [3.05, 3.63) is 28.2 Å². The number of aromatic carboxylic acids is 1. The van der Waals surface area contributed by atoms with E-state index < -0.39 is 29.7 Å². The summed E-state index contributed by atoms with van der Waals surface area (Å²) in [5.41, 5.74) is -0.109. The van der Waals surface area contributed by atoms with Crippen LogP contribution in [0.3, 0.4) is 0 Å². The first-order chi connectivity index (χ1) is 8.70. The quantitative estimate of drug-likeness (QED) is 0.876. The van der Waals surface area contributed by atoms with Gasteiger partial charge in [-0.25, -0.2) is 4.79 Å². The van der Waals surface area contributed by atoms with Crippen LogP contribution < -0.4 is 0 Å². The number of hydrogen-bond acceptors (Lipinski definition) is 3. The number of alkyl halides is 3. The number of benzene rings is 1. The number of carbonyl (C=O) groups is 1. The molecule has 0 aliphatic heterocycles. The Morgan fingerprint density at radius 3 is 2.58 bits per heavy atom. The van der Waals surface area contributed by atoms with Gasteiger partial charge in [0.25, 0.3) is 0 Å². The molecule has 1 unspecified atom stereocenters. The maximum atomic E-state index is 11.7. The maximum absolute atomic E-state index is 11.7. The van der Waals surface area contributed by atoms with Gasteiger partial charge < -0.3 is 5.11 Å². The first-order valence-corrected chi connectivity index (χ1v) is 6.94. The van der Waals surface area contributed by atoms with E-state index in [9.17, 15) is 22.2 Å². The fraction of sp³-hybridized carbons (Fsp3) is 0.300. The Kier molecular flexibility index (Phi) is 5.50. The minimum Gasteiger partial charge on any atom is -0.478 e. The van der Waals surface area contributed by atoms with Crippen LogP contribution >= 0.6 is 15.9 Å². The van der Waals surface area contributed by atoms with E-state index in [4.69, 9.17) is 5.11 Å². The third-order valence-electron chi connectivity index (χ3n) is 1.97. The Labute approximate surface area is 117 Å². The average molecular weight is 361 g/mol. The summed E-state index contributed by atoms with van der Waals surface area (Å²) in [5.74, 6) is -1.60. The van der Waals surface area contributed by atoms with Crippen molar-refractivity contribution >= 4 is 32.7 Å². The number of rotatable bonds is 5. The van der Waals surface area contributed by atoms with Crippen LogP contribution in [0, 0.1) is 0 Å². The molecule has 0 saturated heterocycles. The van der Waals surface area contributed by atoms with Crippen LogP contribution in [0.1, 0.15) is 10.4 Å². The van der Waals surface area contributed by atoms with Gasteiger partial charge in [0, 0.05) is 9.37 Å². The van der Waals surface area contributed by atoms with Crippen molar-refractivity contribution in [1.29, 1.82) is 0 Å². The van der Waals surface area contributed by atoms with Crippen LogP contribution in [0.5, 0.6) is 0 Å². The molecule has 0 aliphatic carbocycles. The van der Waals surface area contributed by atoms with Crippen LogP contribution in [0.2, 0.25) is 0 Å². The molecule has 0 aliphatic rings. The van der Waals surface area contributed by atoms with E-state index in [0.717, 1.165) is 6.07 Å². The summed E-state index contributed by atoms with van der Waals surface area (Å²) in [6.45, 7) is -0.755. The zero-order valence-electron chi connectivity index (χ0n) is 9.24. The van der Waals surface area contributed by atoms with Gasteiger partial charge in [0.05, 0.1) is 28.7 Å². The van der Waals surface area contributed by atoms with Crippen LogP contribution in [0.4, 0.5) is 13.2 Å². The van der Waals surface area contributed by atoms with Gasteiger partial charge in [0.1, 0.15) is 0 Å². The van der Waals surface area contributed by atoms with Crippen LogP contribution in [-0.2, 0) is 15.5 Å². The topological polar surface area (TPSA) is 63.6 Å². The van der Waals surface area contributed by atoms with E-state index in [1.807, 2.05) is 0 Å². The molecule has 0 spiro atoms. The van der Waals surface area contributed by atoms with E-state index >= 15 is 0 Å². The van der Waals surface area contributed by atoms with E-state index in [1.165, 1.54) is 12.1 Å². The van der Waals surface area contributed by atoms with Gasteiger partial charge in [-0.15, -0.1) is 13.2 Å². The lowest BCUT2D eigenvalue weighted by Crippen LogP contribution is -2.18. The van der Waals surface area contributed by atoms with Crippen molar-refractivity contribution in [1.82, 2.24) is 0 Å². The summed E-state index contributed by atoms with van der Waals surface area (Å²) in [5, 5.41) is 8.85. The molecule has 106 valence electrons. The van der Waals surface area contributed by atoms with Gasteiger partial charge >= 0.3 is 12.3 Å². The predicted octanol–water partition coefficient (Wildman–Crippen LogP) is 2.79. The third-order valence-corrected chi connectivity index (χ3v) is 3.97. The second-order valence-electron chi connectivity index (χ2n) is 3.29. The van der Waals surface area contributed by atoms with Crippen molar-refractivity contribution in [2.75, 3.05) is 12.4 Å². The normalized spacial score (nSPS) is 13.3. The monoisotopic (exact) mass is 360 g/mol. The summed E-state index contributed by atoms with van der Waals surface area (Å²) in [7, 11) is -1.76. The summed E-state index contributed by atoms with van der Waals surface area (Å²) < 4.78 is 50.7. The molecule has 4 nitrogen and oxygen atoms in total. The zero-order chi connectivity index (χ0) is 14.6. The molecule has 1 N–H and O–H groups in total. The minimum absolute atomic E-state index is 0.109. The lowest BCUT2D eigenvalue weighted by Gasteiger charge is -2.08. The maximum Gasteiger partial charge on any atom is 0.522 e. The van der Waals surface area contributed by atoms with Gasteiger partial charge in [-0.1, -0.05) is 0 Å². The van der Waals surface area contributed by atoms with Gasteiger partial charge in [0.15, 0.2) is 0 Å². The summed E-state index contributed by atoms with van der Waals surface area (Å²) in [6, 6.07) is 3.90. The number of carboxylic acids is 1. The Hall–Kier alpha value is -0.930. The van der Waals surface area contributed by atoms with Crippen LogP contribution in [-0.4, -0.2) is 34.0 Å². The average Bonchev–Trinajstić information content (AvgIpc) is 2.27. The third kappa shape index (κ3) is 5.29. The first kappa shape index (κ1) is 16.1. The SMILES string of the molecule is O=C(O)c1cc(S(=O)CCOC(F)(F)F)ccc1Br. The van der Waals surface area contributed by atoms with Crippen molar-refractivity contribution in [3.8, 4) is 0 Å². The lowest BCUT2D eigenvalue weighted by atomic mass is 10.2. The van der Waals surface area contributed by atoms with Gasteiger partial charge in [-0.05, 0) is 34.1 Å². The molecular weight excluding hydrogens is 353 g/mol. The first-order valence-electron chi connectivity index (χ1n) is 4.82. The molecule has 0 bridgehead atoms.